The highest BCUT2D eigenvalue weighted by atomic mass is 32.1. The van der Waals surface area contributed by atoms with Crippen LogP contribution < -0.4 is 10.1 Å². The second-order valence-corrected chi connectivity index (χ2v) is 6.51. The lowest BCUT2D eigenvalue weighted by Gasteiger charge is -2.04. The van der Waals surface area contributed by atoms with Crippen molar-refractivity contribution in [1.82, 2.24) is 0 Å². The lowest BCUT2D eigenvalue weighted by molar-refractivity contribution is -0.380. The highest BCUT2D eigenvalue weighted by Gasteiger charge is 2.25. The first-order chi connectivity index (χ1) is 13.4. The van der Waals surface area contributed by atoms with Crippen LogP contribution in [0.15, 0.2) is 34.7 Å². The fraction of sp³-hybridized carbons (Fsp3) is 0.222. The van der Waals surface area contributed by atoms with Gasteiger partial charge >= 0.3 is 11.0 Å². The van der Waals surface area contributed by atoms with Gasteiger partial charge in [-0.3, -0.25) is 14.9 Å². The fourth-order valence-electron chi connectivity index (χ4n) is 2.50. The highest BCUT2D eigenvalue weighted by Crippen LogP contribution is 2.35. The number of nitrogens with one attached hydrogen (secondary N) is 1. The lowest BCUT2D eigenvalue weighted by atomic mass is 10.2. The van der Waals surface area contributed by atoms with Crippen molar-refractivity contribution in [1.29, 1.82) is 0 Å². The van der Waals surface area contributed by atoms with E-state index in [-0.39, 0.29) is 27.9 Å². The Bertz CT molecular complexity index is 1050. The largest absolute Gasteiger partial charge is 0.490 e. The van der Waals surface area contributed by atoms with Crippen LogP contribution in [0.3, 0.4) is 0 Å². The maximum Gasteiger partial charge on any atom is 0.341 e. The van der Waals surface area contributed by atoms with E-state index in [0.29, 0.717) is 34.7 Å². The van der Waals surface area contributed by atoms with Crippen molar-refractivity contribution in [2.24, 2.45) is 0 Å². The summed E-state index contributed by atoms with van der Waals surface area (Å²) in [4.78, 5) is 35.0. The molecule has 146 valence electrons. The summed E-state index contributed by atoms with van der Waals surface area (Å²) >= 11 is 0.665. The van der Waals surface area contributed by atoms with E-state index in [1.54, 1.807) is 25.1 Å². The van der Waals surface area contributed by atoms with Crippen LogP contribution in [0.25, 0.3) is 11.0 Å². The van der Waals surface area contributed by atoms with Crippen molar-refractivity contribution in [2.45, 2.75) is 13.8 Å². The summed E-state index contributed by atoms with van der Waals surface area (Å²) in [6.45, 7) is 3.97. The second kappa shape index (κ2) is 8.09. The van der Waals surface area contributed by atoms with Gasteiger partial charge in [0.2, 0.25) is 0 Å². The molecule has 3 aromatic rings. The van der Waals surface area contributed by atoms with Crippen LogP contribution in [-0.2, 0) is 4.74 Å². The van der Waals surface area contributed by atoms with Crippen LogP contribution in [0.5, 0.6) is 5.75 Å². The van der Waals surface area contributed by atoms with Crippen molar-refractivity contribution in [2.75, 3.05) is 18.5 Å². The molecule has 1 aromatic carbocycles. The number of benzene rings is 1. The number of ether oxygens (including phenoxy) is 2. The standard InChI is InChI=1S/C18H16N2O7S/c1-3-25-12-7-5-6-10-8-13(27-15(10)12)16(21)19-17-11(18(22)26-4-2)9-14(28-17)20(23)24/h5-9H,3-4H2,1-2H3,(H,19,21). The van der Waals surface area contributed by atoms with E-state index in [2.05, 4.69) is 5.32 Å². The molecule has 2 heterocycles. The number of fused-ring (bicyclic) bond motifs is 1. The zero-order valence-electron chi connectivity index (χ0n) is 15.0. The molecule has 0 aliphatic rings. The van der Waals surface area contributed by atoms with Gasteiger partial charge in [0.1, 0.15) is 10.6 Å². The number of anilines is 1. The fourth-order valence-corrected chi connectivity index (χ4v) is 3.36. The van der Waals surface area contributed by atoms with Gasteiger partial charge in [-0.25, -0.2) is 4.79 Å². The van der Waals surface area contributed by atoms with Crippen molar-refractivity contribution in [3.8, 4) is 5.75 Å². The first-order valence-electron chi connectivity index (χ1n) is 8.36. The third-order valence-corrected chi connectivity index (χ3v) is 4.66. The number of furan rings is 1. The monoisotopic (exact) mass is 404 g/mol. The number of hydrogen-bond donors (Lipinski definition) is 1. The Balaban J connectivity index is 1.92. The minimum atomic E-state index is -0.759. The van der Waals surface area contributed by atoms with E-state index in [1.807, 2.05) is 6.92 Å². The van der Waals surface area contributed by atoms with Crippen molar-refractivity contribution >= 4 is 44.2 Å². The number of nitro groups is 1. The van der Waals surface area contributed by atoms with Gasteiger partial charge in [-0.2, -0.15) is 0 Å². The maximum absolute atomic E-state index is 12.6. The molecule has 10 heteroatoms. The number of para-hydroxylation sites is 1. The van der Waals surface area contributed by atoms with Crippen LogP contribution in [0.2, 0.25) is 0 Å². The molecule has 28 heavy (non-hydrogen) atoms. The molecule has 0 fully saturated rings. The number of nitrogens with zero attached hydrogens (tertiary/aromatic N) is 1. The Kier molecular flexibility index (Phi) is 5.59. The average molecular weight is 404 g/mol. The molecule has 3 rings (SSSR count). The Morgan fingerprint density at radius 3 is 2.71 bits per heavy atom. The lowest BCUT2D eigenvalue weighted by Crippen LogP contribution is -2.13. The topological polar surface area (TPSA) is 121 Å². The predicted octanol–water partition coefficient (Wildman–Crippen LogP) is 4.23. The zero-order chi connectivity index (χ0) is 20.3. The minimum Gasteiger partial charge on any atom is -0.490 e. The molecule has 9 nitrogen and oxygen atoms in total. The number of hydrogen-bond acceptors (Lipinski definition) is 8. The molecular formula is C18H16N2O7S. The minimum absolute atomic E-state index is 0.0145. The van der Waals surface area contributed by atoms with Gasteiger partial charge in [0.15, 0.2) is 17.1 Å². The SMILES string of the molecule is CCOC(=O)c1cc([N+](=O)[O-])sc1NC(=O)c1cc2cccc(OCC)c2o1. The summed E-state index contributed by atoms with van der Waals surface area (Å²) in [5.74, 6) is -0.933. The quantitative estimate of drug-likeness (QED) is 0.355. The Morgan fingerprint density at radius 1 is 1.25 bits per heavy atom. The number of carbonyl (C=O) groups excluding carboxylic acids is 2. The highest BCUT2D eigenvalue weighted by molar-refractivity contribution is 7.19. The Labute approximate surface area is 163 Å². The molecule has 2 aromatic heterocycles. The zero-order valence-corrected chi connectivity index (χ0v) is 15.8. The van der Waals surface area contributed by atoms with E-state index < -0.39 is 16.8 Å². The molecular weight excluding hydrogens is 388 g/mol. The first kappa shape index (κ1) is 19.4. The van der Waals surface area contributed by atoms with Gasteiger partial charge in [0.05, 0.1) is 18.1 Å². The average Bonchev–Trinajstić information content (AvgIpc) is 3.27. The van der Waals surface area contributed by atoms with Gasteiger partial charge in [-0.05, 0) is 37.3 Å². The Hall–Kier alpha value is -3.40. The molecule has 0 radical (unpaired) electrons. The summed E-state index contributed by atoms with van der Waals surface area (Å²) in [7, 11) is 0. The summed E-state index contributed by atoms with van der Waals surface area (Å²) in [5.41, 5.74) is 0.329. The van der Waals surface area contributed by atoms with Gasteiger partial charge < -0.3 is 19.2 Å². The molecule has 0 atom stereocenters. The molecule has 0 saturated carbocycles. The van der Waals surface area contributed by atoms with E-state index in [1.165, 1.54) is 6.07 Å². The van der Waals surface area contributed by atoms with Gasteiger partial charge in [-0.1, -0.05) is 12.1 Å². The maximum atomic E-state index is 12.6. The molecule has 0 aliphatic heterocycles. The third-order valence-electron chi connectivity index (χ3n) is 3.65. The first-order valence-corrected chi connectivity index (χ1v) is 9.18. The van der Waals surface area contributed by atoms with Crippen LogP contribution in [0.1, 0.15) is 34.8 Å². The number of carbonyl (C=O) groups is 2. The number of amides is 1. The smallest absolute Gasteiger partial charge is 0.341 e. The van der Waals surface area contributed by atoms with Crippen molar-refractivity contribution < 1.29 is 28.4 Å². The van der Waals surface area contributed by atoms with Crippen LogP contribution in [0, 0.1) is 10.1 Å². The number of rotatable bonds is 7. The van der Waals surface area contributed by atoms with Crippen LogP contribution in [-0.4, -0.2) is 30.0 Å². The molecule has 0 spiro atoms. The van der Waals surface area contributed by atoms with Crippen molar-refractivity contribution in [3.63, 3.8) is 0 Å². The van der Waals surface area contributed by atoms with E-state index in [9.17, 15) is 19.7 Å². The summed E-state index contributed by atoms with van der Waals surface area (Å²) in [6.07, 6.45) is 0. The van der Waals surface area contributed by atoms with Gasteiger partial charge in [-0.15, -0.1) is 0 Å². The van der Waals surface area contributed by atoms with Gasteiger partial charge in [0, 0.05) is 11.5 Å². The summed E-state index contributed by atoms with van der Waals surface area (Å²) < 4.78 is 16.0. The molecule has 0 saturated heterocycles. The van der Waals surface area contributed by atoms with Crippen LogP contribution >= 0.6 is 11.3 Å². The molecule has 0 unspecified atom stereocenters. The number of esters is 1. The second-order valence-electron chi connectivity index (χ2n) is 5.48. The van der Waals surface area contributed by atoms with E-state index in [0.717, 1.165) is 6.07 Å². The van der Waals surface area contributed by atoms with E-state index in [4.69, 9.17) is 13.9 Å². The van der Waals surface area contributed by atoms with Gasteiger partial charge in [0.25, 0.3) is 5.91 Å². The molecule has 1 N–H and O–H groups in total. The molecule has 1 amide bonds. The Morgan fingerprint density at radius 2 is 2.04 bits per heavy atom. The summed E-state index contributed by atoms with van der Waals surface area (Å²) in [6, 6.07) is 7.85. The normalized spacial score (nSPS) is 10.6. The molecule has 0 bridgehead atoms. The van der Waals surface area contributed by atoms with Crippen LogP contribution in [0.4, 0.5) is 10.0 Å². The summed E-state index contributed by atoms with van der Waals surface area (Å²) in [5, 5.41) is 13.9. The third kappa shape index (κ3) is 3.81. The van der Waals surface area contributed by atoms with E-state index >= 15 is 0 Å². The number of thiophene rings is 1. The van der Waals surface area contributed by atoms with Crippen molar-refractivity contribution in [3.05, 3.63) is 51.8 Å². The molecule has 0 aliphatic carbocycles. The predicted molar refractivity (Wildman–Crippen MR) is 102 cm³/mol.